The summed E-state index contributed by atoms with van der Waals surface area (Å²) in [5.41, 5.74) is 0. The standard InChI is InChI=1S/C6H3ClF2/c7-6-4(8)2-1-3-5(6)9/h1-3H/i1D. The highest BCUT2D eigenvalue weighted by atomic mass is 35.5. The molecule has 0 unspecified atom stereocenters. The van der Waals surface area contributed by atoms with E-state index < -0.39 is 16.7 Å². The van der Waals surface area contributed by atoms with E-state index >= 15 is 0 Å². The van der Waals surface area contributed by atoms with Crippen molar-refractivity contribution in [1.82, 2.24) is 0 Å². The van der Waals surface area contributed by atoms with E-state index in [1.54, 1.807) is 0 Å². The zero-order valence-electron chi connectivity index (χ0n) is 5.29. The van der Waals surface area contributed by atoms with Crippen molar-refractivity contribution in [2.24, 2.45) is 0 Å². The average molecular weight is 150 g/mol. The normalized spacial score (nSPS) is 11.2. The van der Waals surface area contributed by atoms with Crippen LogP contribution in [0.2, 0.25) is 5.02 Å². The molecule has 3 heteroatoms. The first-order valence-electron chi connectivity index (χ1n) is 2.72. The lowest BCUT2D eigenvalue weighted by molar-refractivity contribution is 0.584. The van der Waals surface area contributed by atoms with E-state index in [-0.39, 0.29) is 6.04 Å². The highest BCUT2D eigenvalue weighted by Gasteiger charge is 2.02. The predicted octanol–water partition coefficient (Wildman–Crippen LogP) is 2.62. The highest BCUT2D eigenvalue weighted by Crippen LogP contribution is 2.16. The van der Waals surface area contributed by atoms with Crippen LogP contribution in [0.1, 0.15) is 1.37 Å². The zero-order chi connectivity index (χ0) is 7.72. The lowest BCUT2D eigenvalue weighted by Gasteiger charge is -1.91. The van der Waals surface area contributed by atoms with Crippen LogP contribution in [0.4, 0.5) is 8.78 Å². The van der Waals surface area contributed by atoms with E-state index in [0.29, 0.717) is 0 Å². The van der Waals surface area contributed by atoms with Gasteiger partial charge in [0.05, 0.1) is 1.37 Å². The van der Waals surface area contributed by atoms with Crippen LogP contribution < -0.4 is 0 Å². The van der Waals surface area contributed by atoms with Gasteiger partial charge in [-0.25, -0.2) is 8.78 Å². The molecular formula is C6H3ClF2. The van der Waals surface area contributed by atoms with Crippen molar-refractivity contribution in [3.8, 4) is 0 Å². The maximum absolute atomic E-state index is 12.3. The van der Waals surface area contributed by atoms with E-state index in [0.717, 1.165) is 12.1 Å². The first-order valence-corrected chi connectivity index (χ1v) is 2.60. The second kappa shape index (κ2) is 2.31. The SMILES string of the molecule is [2H]c1cc(F)c(Cl)c(F)c1. The van der Waals surface area contributed by atoms with Crippen molar-refractivity contribution in [3.05, 3.63) is 34.8 Å². The molecule has 9 heavy (non-hydrogen) atoms. The molecule has 0 atom stereocenters. The third-order valence-electron chi connectivity index (χ3n) is 0.839. The van der Waals surface area contributed by atoms with Crippen LogP contribution in [0.3, 0.4) is 0 Å². The minimum absolute atomic E-state index is 0.223. The fourth-order valence-electron chi connectivity index (χ4n) is 0.429. The quantitative estimate of drug-likeness (QED) is 0.498. The Hall–Kier alpha value is -0.630. The fourth-order valence-corrected chi connectivity index (χ4v) is 0.538. The largest absolute Gasteiger partial charge is 0.205 e. The third kappa shape index (κ3) is 1.19. The van der Waals surface area contributed by atoms with Gasteiger partial charge in [-0.1, -0.05) is 17.6 Å². The molecule has 0 aliphatic carbocycles. The highest BCUT2D eigenvalue weighted by molar-refractivity contribution is 6.30. The molecule has 0 aliphatic heterocycles. The van der Waals surface area contributed by atoms with Gasteiger partial charge < -0.3 is 0 Å². The van der Waals surface area contributed by atoms with E-state index in [1.165, 1.54) is 0 Å². The van der Waals surface area contributed by atoms with Gasteiger partial charge in [0, 0.05) is 0 Å². The monoisotopic (exact) mass is 149 g/mol. The van der Waals surface area contributed by atoms with E-state index in [2.05, 4.69) is 0 Å². The van der Waals surface area contributed by atoms with Gasteiger partial charge in [-0.3, -0.25) is 0 Å². The Morgan fingerprint density at radius 2 is 1.78 bits per heavy atom. The van der Waals surface area contributed by atoms with Gasteiger partial charge in [0.25, 0.3) is 0 Å². The van der Waals surface area contributed by atoms with Crippen LogP contribution in [-0.2, 0) is 0 Å². The first-order chi connectivity index (χ1) is 4.61. The summed E-state index contributed by atoms with van der Waals surface area (Å²) in [6, 6.07) is 1.48. The maximum atomic E-state index is 12.3. The van der Waals surface area contributed by atoms with Gasteiger partial charge in [-0.05, 0) is 12.1 Å². The lowest BCUT2D eigenvalue weighted by atomic mass is 10.3. The predicted molar refractivity (Wildman–Crippen MR) is 31.4 cm³/mol. The summed E-state index contributed by atoms with van der Waals surface area (Å²) in [6.45, 7) is 0. The molecule has 0 N–H and O–H groups in total. The molecule has 0 heterocycles. The summed E-state index contributed by atoms with van der Waals surface area (Å²) in [7, 11) is 0. The van der Waals surface area contributed by atoms with Crippen LogP contribution in [-0.4, -0.2) is 0 Å². The Bertz CT molecular complexity index is 239. The van der Waals surface area contributed by atoms with Crippen molar-refractivity contribution < 1.29 is 10.2 Å². The van der Waals surface area contributed by atoms with Crippen LogP contribution >= 0.6 is 11.6 Å². The topological polar surface area (TPSA) is 0 Å². The molecule has 1 aromatic carbocycles. The van der Waals surface area contributed by atoms with Gasteiger partial charge in [0.2, 0.25) is 0 Å². The summed E-state index contributed by atoms with van der Waals surface area (Å²) in [5, 5.41) is -0.559. The number of hydrogen-bond donors (Lipinski definition) is 0. The van der Waals surface area contributed by atoms with Gasteiger partial charge in [-0.15, -0.1) is 0 Å². The summed E-state index contributed by atoms with van der Waals surface area (Å²) in [5.74, 6) is -1.79. The molecule has 0 aliphatic rings. The molecule has 0 saturated heterocycles. The van der Waals surface area contributed by atoms with Crippen LogP contribution in [0.25, 0.3) is 0 Å². The van der Waals surface area contributed by atoms with Gasteiger partial charge >= 0.3 is 0 Å². The Balaban J connectivity index is 3.31. The minimum atomic E-state index is -0.897. The third-order valence-corrected chi connectivity index (χ3v) is 1.20. The summed E-state index contributed by atoms with van der Waals surface area (Å²) in [6.07, 6.45) is 0. The molecule has 0 radical (unpaired) electrons. The van der Waals surface area contributed by atoms with E-state index in [9.17, 15) is 8.78 Å². The molecular weight excluding hydrogens is 146 g/mol. The Morgan fingerprint density at radius 3 is 2.22 bits per heavy atom. The molecule has 0 nitrogen and oxygen atoms in total. The molecule has 0 fully saturated rings. The molecule has 1 rings (SSSR count). The zero-order valence-corrected chi connectivity index (χ0v) is 5.04. The van der Waals surface area contributed by atoms with Crippen LogP contribution in [0.15, 0.2) is 18.2 Å². The molecule has 1 aromatic rings. The second-order valence-corrected chi connectivity index (χ2v) is 1.84. The van der Waals surface area contributed by atoms with Crippen molar-refractivity contribution in [3.63, 3.8) is 0 Å². The summed E-state index contributed by atoms with van der Waals surface area (Å²) in [4.78, 5) is 0. The van der Waals surface area contributed by atoms with Crippen LogP contribution in [0.5, 0.6) is 0 Å². The summed E-state index contributed by atoms with van der Waals surface area (Å²) < 4.78 is 31.5. The Labute approximate surface area is 57.5 Å². The first kappa shape index (κ1) is 5.18. The van der Waals surface area contributed by atoms with Crippen LogP contribution in [0, 0.1) is 11.6 Å². The lowest BCUT2D eigenvalue weighted by Crippen LogP contribution is -1.79. The van der Waals surface area contributed by atoms with Crippen molar-refractivity contribution in [2.75, 3.05) is 0 Å². The molecule has 0 spiro atoms. The Kier molecular flexibility index (Phi) is 1.33. The molecule has 0 amide bonds. The maximum Gasteiger partial charge on any atom is 0.144 e. The van der Waals surface area contributed by atoms with Gasteiger partial charge in [0.1, 0.15) is 16.7 Å². The van der Waals surface area contributed by atoms with Crippen molar-refractivity contribution >= 4 is 11.6 Å². The van der Waals surface area contributed by atoms with Crippen molar-refractivity contribution in [2.45, 2.75) is 0 Å². The van der Waals surface area contributed by atoms with E-state index in [4.69, 9.17) is 13.0 Å². The number of halogens is 3. The fraction of sp³-hybridized carbons (Fsp3) is 0. The number of benzene rings is 1. The average Bonchev–Trinajstić information content (AvgIpc) is 1.82. The minimum Gasteiger partial charge on any atom is -0.205 e. The van der Waals surface area contributed by atoms with Crippen molar-refractivity contribution in [1.29, 1.82) is 0 Å². The van der Waals surface area contributed by atoms with E-state index in [1.807, 2.05) is 0 Å². The second-order valence-electron chi connectivity index (χ2n) is 1.47. The smallest absolute Gasteiger partial charge is 0.144 e. The molecule has 0 aromatic heterocycles. The Morgan fingerprint density at radius 1 is 1.33 bits per heavy atom. The molecule has 0 saturated carbocycles. The number of rotatable bonds is 0. The molecule has 0 bridgehead atoms. The van der Waals surface area contributed by atoms with Gasteiger partial charge in [0.15, 0.2) is 0 Å². The number of hydrogen-bond acceptors (Lipinski definition) is 0. The molecule has 48 valence electrons. The summed E-state index contributed by atoms with van der Waals surface area (Å²) >= 11 is 5.12. The van der Waals surface area contributed by atoms with Gasteiger partial charge in [-0.2, -0.15) is 0 Å².